The summed E-state index contributed by atoms with van der Waals surface area (Å²) < 4.78 is 21.1. The predicted octanol–water partition coefficient (Wildman–Crippen LogP) is 2.16. The van der Waals surface area contributed by atoms with Gasteiger partial charge in [0.05, 0.1) is 13.4 Å². The Hall–Kier alpha value is -2.43. The van der Waals surface area contributed by atoms with E-state index in [9.17, 15) is 4.79 Å². The molecular weight excluding hydrogens is 260 g/mol. The Balaban J connectivity index is 1.77. The monoisotopic (exact) mass is 274 g/mol. The first-order valence-corrected chi connectivity index (χ1v) is 6.31. The lowest BCUT2D eigenvalue weighted by Gasteiger charge is -2.06. The summed E-state index contributed by atoms with van der Waals surface area (Å²) in [6.07, 6.45) is 2.69. The second kappa shape index (κ2) is 5.28. The first-order chi connectivity index (χ1) is 9.78. The van der Waals surface area contributed by atoms with Gasteiger partial charge in [-0.1, -0.05) is 6.07 Å². The number of hydrogen-bond donors (Lipinski definition) is 0. The molecule has 0 saturated carbocycles. The average molecular weight is 274 g/mol. The van der Waals surface area contributed by atoms with Gasteiger partial charge in [0.25, 0.3) is 0 Å². The Labute approximate surface area is 115 Å². The lowest BCUT2D eigenvalue weighted by molar-refractivity contribution is 0.174. The smallest absolute Gasteiger partial charge is 0.231 e. The van der Waals surface area contributed by atoms with Crippen LogP contribution in [0.3, 0.4) is 0 Å². The minimum Gasteiger partial charge on any atom is -0.490 e. The highest BCUT2D eigenvalue weighted by atomic mass is 16.7. The topological polar surface area (TPSA) is 57.9 Å². The van der Waals surface area contributed by atoms with Crippen molar-refractivity contribution in [2.45, 2.75) is 12.8 Å². The lowest BCUT2D eigenvalue weighted by Crippen LogP contribution is -2.07. The van der Waals surface area contributed by atoms with Gasteiger partial charge in [0, 0.05) is 12.5 Å². The minimum absolute atomic E-state index is 0.167. The lowest BCUT2D eigenvalue weighted by atomic mass is 10.1. The Morgan fingerprint density at radius 2 is 2.00 bits per heavy atom. The van der Waals surface area contributed by atoms with Crippen molar-refractivity contribution in [3.05, 3.63) is 52.1 Å². The quantitative estimate of drug-likeness (QED) is 0.855. The third-order valence-corrected chi connectivity index (χ3v) is 3.19. The predicted molar refractivity (Wildman–Crippen MR) is 71.5 cm³/mol. The molecule has 2 heterocycles. The van der Waals surface area contributed by atoms with E-state index in [0.717, 1.165) is 23.5 Å². The van der Waals surface area contributed by atoms with Gasteiger partial charge < -0.3 is 18.6 Å². The third kappa shape index (κ3) is 2.34. The van der Waals surface area contributed by atoms with Crippen LogP contribution >= 0.6 is 0 Å². The van der Waals surface area contributed by atoms with Crippen molar-refractivity contribution in [3.63, 3.8) is 0 Å². The number of fused-ring (bicyclic) bond motifs is 1. The zero-order chi connectivity index (χ0) is 13.9. The number of methoxy groups -OCH3 is 1. The summed E-state index contributed by atoms with van der Waals surface area (Å²) in [5.41, 5.74) is 0.919. The first-order valence-electron chi connectivity index (χ1n) is 6.31. The van der Waals surface area contributed by atoms with Gasteiger partial charge in [-0.3, -0.25) is 4.79 Å². The number of hydrogen-bond acceptors (Lipinski definition) is 5. The number of ether oxygens (including phenoxy) is 3. The Bertz CT molecular complexity index is 674. The Kier molecular flexibility index (Phi) is 3.33. The maximum atomic E-state index is 11.6. The molecule has 0 radical (unpaired) electrons. The van der Waals surface area contributed by atoms with E-state index in [4.69, 9.17) is 18.6 Å². The van der Waals surface area contributed by atoms with Crippen LogP contribution in [0.25, 0.3) is 0 Å². The van der Waals surface area contributed by atoms with Crippen molar-refractivity contribution in [1.29, 1.82) is 0 Å². The first kappa shape index (κ1) is 12.6. The number of benzene rings is 1. The van der Waals surface area contributed by atoms with Gasteiger partial charge in [-0.25, -0.2) is 0 Å². The average Bonchev–Trinajstić information content (AvgIpc) is 2.92. The van der Waals surface area contributed by atoms with Crippen molar-refractivity contribution in [2.24, 2.45) is 0 Å². The van der Waals surface area contributed by atoms with Crippen LogP contribution in [0.5, 0.6) is 17.2 Å². The van der Waals surface area contributed by atoms with Crippen LogP contribution in [0.2, 0.25) is 0 Å². The molecule has 0 unspecified atom stereocenters. The molecule has 0 amide bonds. The zero-order valence-corrected chi connectivity index (χ0v) is 11.0. The van der Waals surface area contributed by atoms with Gasteiger partial charge >= 0.3 is 0 Å². The van der Waals surface area contributed by atoms with E-state index in [1.165, 1.54) is 19.4 Å². The summed E-state index contributed by atoms with van der Waals surface area (Å²) in [7, 11) is 1.47. The van der Waals surface area contributed by atoms with E-state index in [-0.39, 0.29) is 18.0 Å². The van der Waals surface area contributed by atoms with Crippen LogP contribution in [-0.4, -0.2) is 13.9 Å². The van der Waals surface area contributed by atoms with Gasteiger partial charge in [0.15, 0.2) is 11.5 Å². The van der Waals surface area contributed by atoms with E-state index in [1.54, 1.807) is 0 Å². The minimum atomic E-state index is -0.167. The molecule has 0 N–H and O–H groups in total. The van der Waals surface area contributed by atoms with Crippen LogP contribution in [0, 0.1) is 0 Å². The second-order valence-electron chi connectivity index (χ2n) is 4.43. The van der Waals surface area contributed by atoms with Crippen LogP contribution in [0.1, 0.15) is 11.3 Å². The van der Waals surface area contributed by atoms with Crippen LogP contribution in [-0.2, 0) is 12.8 Å². The maximum Gasteiger partial charge on any atom is 0.231 e. The van der Waals surface area contributed by atoms with E-state index in [0.29, 0.717) is 12.2 Å². The molecule has 5 nitrogen and oxygen atoms in total. The molecule has 2 aromatic rings. The van der Waals surface area contributed by atoms with Crippen LogP contribution in [0.4, 0.5) is 0 Å². The molecule has 1 aromatic heterocycles. The zero-order valence-electron chi connectivity index (χ0n) is 11.0. The number of rotatable bonds is 4. The summed E-state index contributed by atoms with van der Waals surface area (Å²) >= 11 is 0. The fourth-order valence-corrected chi connectivity index (χ4v) is 2.19. The second-order valence-corrected chi connectivity index (χ2v) is 4.43. The van der Waals surface area contributed by atoms with Crippen molar-refractivity contribution >= 4 is 0 Å². The summed E-state index contributed by atoms with van der Waals surface area (Å²) in [6.45, 7) is 0.264. The van der Waals surface area contributed by atoms with Crippen LogP contribution < -0.4 is 19.6 Å². The molecule has 0 aliphatic carbocycles. The van der Waals surface area contributed by atoms with E-state index < -0.39 is 0 Å². The molecule has 1 aromatic carbocycles. The largest absolute Gasteiger partial charge is 0.490 e. The van der Waals surface area contributed by atoms with Crippen molar-refractivity contribution in [3.8, 4) is 17.2 Å². The summed E-state index contributed by atoms with van der Waals surface area (Å²) in [4.78, 5) is 11.6. The van der Waals surface area contributed by atoms with Gasteiger partial charge in [0.1, 0.15) is 5.76 Å². The van der Waals surface area contributed by atoms with Gasteiger partial charge in [-0.2, -0.15) is 0 Å². The van der Waals surface area contributed by atoms with Gasteiger partial charge in [-0.05, 0) is 24.1 Å². The standard InChI is InChI=1S/C15H14O5/c1-17-15-11(16)6-7-18-13(15)5-3-10-2-4-12-14(8-10)20-9-19-12/h2,4,6-8H,3,5,9H2,1H3. The highest BCUT2D eigenvalue weighted by Gasteiger charge is 2.14. The molecule has 0 fully saturated rings. The van der Waals surface area contributed by atoms with E-state index in [1.807, 2.05) is 18.2 Å². The molecule has 5 heteroatoms. The fraction of sp³-hybridized carbons (Fsp3) is 0.267. The molecule has 0 atom stereocenters. The molecule has 3 rings (SSSR count). The SMILES string of the molecule is COc1c(CCc2ccc3c(c2)OCO3)occc1=O. The molecule has 0 spiro atoms. The van der Waals surface area contributed by atoms with Gasteiger partial charge in [0.2, 0.25) is 18.0 Å². The number of aryl methyl sites for hydroxylation is 2. The summed E-state index contributed by atoms with van der Waals surface area (Å²) in [5, 5.41) is 0. The molecule has 0 saturated heterocycles. The Morgan fingerprint density at radius 1 is 1.15 bits per heavy atom. The normalized spacial score (nSPS) is 12.4. The van der Waals surface area contributed by atoms with E-state index in [2.05, 4.69) is 0 Å². The summed E-state index contributed by atoms with van der Waals surface area (Å²) in [5.74, 6) is 2.34. The molecular formula is C15H14O5. The van der Waals surface area contributed by atoms with Crippen LogP contribution in [0.15, 0.2) is 39.7 Å². The highest BCUT2D eigenvalue weighted by molar-refractivity contribution is 5.44. The highest BCUT2D eigenvalue weighted by Crippen LogP contribution is 2.32. The molecule has 1 aliphatic rings. The van der Waals surface area contributed by atoms with Crippen molar-refractivity contribution < 1.29 is 18.6 Å². The third-order valence-electron chi connectivity index (χ3n) is 3.19. The molecule has 104 valence electrons. The van der Waals surface area contributed by atoms with Gasteiger partial charge in [-0.15, -0.1) is 0 Å². The maximum absolute atomic E-state index is 11.6. The molecule has 1 aliphatic heterocycles. The van der Waals surface area contributed by atoms with Crippen molar-refractivity contribution in [1.82, 2.24) is 0 Å². The molecule has 20 heavy (non-hydrogen) atoms. The summed E-state index contributed by atoms with van der Waals surface area (Å²) in [6, 6.07) is 7.15. The Morgan fingerprint density at radius 3 is 2.85 bits per heavy atom. The van der Waals surface area contributed by atoms with Crippen molar-refractivity contribution in [2.75, 3.05) is 13.9 Å². The molecule has 0 bridgehead atoms. The fourth-order valence-electron chi connectivity index (χ4n) is 2.19. The van der Waals surface area contributed by atoms with E-state index >= 15 is 0 Å².